The van der Waals surface area contributed by atoms with Gasteiger partial charge in [0.2, 0.25) is 0 Å². The zero-order chi connectivity index (χ0) is 13.0. The van der Waals surface area contributed by atoms with Gasteiger partial charge in [-0.1, -0.05) is 49.1 Å². The lowest BCUT2D eigenvalue weighted by molar-refractivity contribution is 0.850. The van der Waals surface area contributed by atoms with Crippen LogP contribution in [0.15, 0.2) is 30.4 Å². The lowest BCUT2D eigenvalue weighted by Gasteiger charge is -1.95. The van der Waals surface area contributed by atoms with E-state index in [1.54, 1.807) is 6.08 Å². The number of hydrogen-bond donors (Lipinski definition) is 0. The molecule has 90 valence electrons. The van der Waals surface area contributed by atoms with Crippen LogP contribution in [-0.4, -0.2) is 4.57 Å². The highest BCUT2D eigenvalue weighted by Gasteiger charge is 2.03. The average molecular weight is 227 g/mol. The van der Waals surface area contributed by atoms with E-state index in [0.717, 1.165) is 5.35 Å². The Kier molecular flexibility index (Phi) is 4.33. The Morgan fingerprint density at radius 1 is 1.29 bits per heavy atom. The Labute approximate surface area is 104 Å². The molecule has 0 unspecified atom stereocenters. The Morgan fingerprint density at radius 3 is 2.47 bits per heavy atom. The predicted molar refractivity (Wildman–Crippen MR) is 78.0 cm³/mol. The van der Waals surface area contributed by atoms with Crippen LogP contribution in [0.4, 0.5) is 0 Å². The van der Waals surface area contributed by atoms with Crippen molar-refractivity contribution in [2.45, 2.75) is 20.8 Å². The van der Waals surface area contributed by atoms with E-state index in [1.807, 2.05) is 13.1 Å². The smallest absolute Gasteiger partial charge is 0.0413 e. The SMILES string of the molecule is C=C/C=C\c1c(C)n(C)c(=C)/c1=C\C=C(C)C. The second kappa shape index (κ2) is 5.53. The van der Waals surface area contributed by atoms with E-state index in [-0.39, 0.29) is 0 Å². The van der Waals surface area contributed by atoms with E-state index in [4.69, 9.17) is 0 Å². The highest BCUT2D eigenvalue weighted by molar-refractivity contribution is 5.58. The molecule has 0 aliphatic carbocycles. The van der Waals surface area contributed by atoms with Crippen LogP contribution in [0, 0.1) is 6.92 Å². The molecule has 0 saturated heterocycles. The Bertz CT molecular complexity index is 576. The lowest BCUT2D eigenvalue weighted by atomic mass is 10.1. The molecule has 0 saturated carbocycles. The van der Waals surface area contributed by atoms with Gasteiger partial charge in [-0.3, -0.25) is 0 Å². The van der Waals surface area contributed by atoms with Crippen LogP contribution < -0.4 is 10.6 Å². The van der Waals surface area contributed by atoms with Crippen LogP contribution in [-0.2, 0) is 7.05 Å². The van der Waals surface area contributed by atoms with Gasteiger partial charge in [-0.2, -0.15) is 0 Å². The fraction of sp³-hybridized carbons (Fsp3) is 0.250. The fourth-order valence-electron chi connectivity index (χ4n) is 1.72. The molecule has 0 aromatic carbocycles. The summed E-state index contributed by atoms with van der Waals surface area (Å²) in [5.41, 5.74) is 3.72. The summed E-state index contributed by atoms with van der Waals surface area (Å²) >= 11 is 0. The monoisotopic (exact) mass is 227 g/mol. The molecule has 0 amide bonds. The van der Waals surface area contributed by atoms with E-state index in [1.165, 1.54) is 22.0 Å². The minimum absolute atomic E-state index is 1.05. The summed E-state index contributed by atoms with van der Waals surface area (Å²) in [5.74, 6) is 0. The summed E-state index contributed by atoms with van der Waals surface area (Å²) in [7, 11) is 2.04. The topological polar surface area (TPSA) is 4.93 Å². The molecule has 1 aromatic rings. The summed E-state index contributed by atoms with van der Waals surface area (Å²) in [6, 6.07) is 0. The lowest BCUT2D eigenvalue weighted by Crippen LogP contribution is -2.26. The molecule has 0 aliphatic rings. The van der Waals surface area contributed by atoms with Gasteiger partial charge in [0.05, 0.1) is 0 Å². The molecule has 0 fully saturated rings. The molecular weight excluding hydrogens is 206 g/mol. The summed E-state index contributed by atoms with van der Waals surface area (Å²) in [4.78, 5) is 0. The summed E-state index contributed by atoms with van der Waals surface area (Å²) in [6.45, 7) is 14.1. The second-order valence-corrected chi connectivity index (χ2v) is 4.42. The molecule has 0 N–H and O–H groups in total. The maximum absolute atomic E-state index is 4.13. The minimum Gasteiger partial charge on any atom is -0.348 e. The number of rotatable bonds is 3. The standard InChI is InChI=1S/C16H21N/c1-7-8-9-15-13(4)17(6)14(5)16(15)11-10-12(2)3/h7-11H,1,5H2,2-4,6H3/b9-8-,16-11+. The van der Waals surface area contributed by atoms with E-state index in [2.05, 4.69) is 56.7 Å². The van der Waals surface area contributed by atoms with Crippen LogP contribution in [0.5, 0.6) is 0 Å². The van der Waals surface area contributed by atoms with Crippen LogP contribution in [0.25, 0.3) is 18.7 Å². The third-order valence-corrected chi connectivity index (χ3v) is 2.88. The predicted octanol–water partition coefficient (Wildman–Crippen LogP) is 2.69. The molecule has 0 radical (unpaired) electrons. The van der Waals surface area contributed by atoms with E-state index >= 15 is 0 Å². The summed E-state index contributed by atoms with van der Waals surface area (Å²) in [5, 5.41) is 2.23. The van der Waals surface area contributed by atoms with Crippen LogP contribution >= 0.6 is 0 Å². The van der Waals surface area contributed by atoms with Gasteiger partial charge < -0.3 is 4.57 Å². The highest BCUT2D eigenvalue weighted by Crippen LogP contribution is 2.03. The van der Waals surface area contributed by atoms with Gasteiger partial charge in [0, 0.05) is 28.9 Å². The van der Waals surface area contributed by atoms with Crippen molar-refractivity contribution >= 4 is 18.7 Å². The van der Waals surface area contributed by atoms with Crippen molar-refractivity contribution in [2.24, 2.45) is 7.05 Å². The summed E-state index contributed by atoms with van der Waals surface area (Å²) < 4.78 is 2.12. The van der Waals surface area contributed by atoms with Crippen molar-refractivity contribution in [3.05, 3.63) is 52.2 Å². The maximum atomic E-state index is 4.13. The molecule has 0 bridgehead atoms. The van der Waals surface area contributed by atoms with Crippen molar-refractivity contribution in [2.75, 3.05) is 0 Å². The van der Waals surface area contributed by atoms with Gasteiger partial charge in [0.15, 0.2) is 0 Å². The fourth-order valence-corrected chi connectivity index (χ4v) is 1.72. The average Bonchev–Trinajstić information content (AvgIpc) is 2.48. The molecule has 0 atom stereocenters. The Balaban J connectivity index is 3.58. The van der Waals surface area contributed by atoms with Crippen molar-refractivity contribution in [1.29, 1.82) is 0 Å². The van der Waals surface area contributed by atoms with Crippen molar-refractivity contribution in [3.63, 3.8) is 0 Å². The Morgan fingerprint density at radius 2 is 1.94 bits per heavy atom. The first-order valence-electron chi connectivity index (χ1n) is 5.77. The van der Waals surface area contributed by atoms with Crippen LogP contribution in [0.2, 0.25) is 0 Å². The first kappa shape index (κ1) is 13.3. The van der Waals surface area contributed by atoms with Gasteiger partial charge in [-0.25, -0.2) is 0 Å². The number of hydrogen-bond acceptors (Lipinski definition) is 0. The van der Waals surface area contributed by atoms with Crippen LogP contribution in [0.3, 0.4) is 0 Å². The molecule has 1 heteroatoms. The normalized spacial score (nSPS) is 12.1. The van der Waals surface area contributed by atoms with Gasteiger partial charge in [0.1, 0.15) is 0 Å². The van der Waals surface area contributed by atoms with Crippen molar-refractivity contribution in [3.8, 4) is 0 Å². The third-order valence-electron chi connectivity index (χ3n) is 2.88. The largest absolute Gasteiger partial charge is 0.348 e. The first-order chi connectivity index (χ1) is 7.99. The molecular formula is C16H21N. The maximum Gasteiger partial charge on any atom is 0.0413 e. The first-order valence-corrected chi connectivity index (χ1v) is 5.77. The van der Waals surface area contributed by atoms with Crippen molar-refractivity contribution < 1.29 is 0 Å². The zero-order valence-electron chi connectivity index (χ0n) is 11.2. The van der Waals surface area contributed by atoms with E-state index in [0.29, 0.717) is 0 Å². The Hall–Kier alpha value is -1.76. The van der Waals surface area contributed by atoms with E-state index in [9.17, 15) is 0 Å². The summed E-state index contributed by atoms with van der Waals surface area (Å²) in [6.07, 6.45) is 10.1. The number of allylic oxidation sites excluding steroid dienone is 4. The number of aromatic nitrogens is 1. The molecule has 1 rings (SSSR count). The molecule has 0 spiro atoms. The van der Waals surface area contributed by atoms with Crippen molar-refractivity contribution in [1.82, 2.24) is 4.57 Å². The zero-order valence-corrected chi connectivity index (χ0v) is 11.2. The van der Waals surface area contributed by atoms with Gasteiger partial charge >= 0.3 is 0 Å². The highest BCUT2D eigenvalue weighted by atomic mass is 14.9. The third kappa shape index (κ3) is 2.88. The molecule has 1 heterocycles. The molecule has 17 heavy (non-hydrogen) atoms. The van der Waals surface area contributed by atoms with Gasteiger partial charge in [-0.15, -0.1) is 0 Å². The second-order valence-electron chi connectivity index (χ2n) is 4.42. The van der Waals surface area contributed by atoms with Gasteiger partial charge in [-0.05, 0) is 20.8 Å². The van der Waals surface area contributed by atoms with Gasteiger partial charge in [0.25, 0.3) is 0 Å². The minimum atomic E-state index is 1.05. The van der Waals surface area contributed by atoms with Crippen LogP contribution in [0.1, 0.15) is 25.1 Å². The molecule has 1 nitrogen and oxygen atoms in total. The quantitative estimate of drug-likeness (QED) is 0.700. The van der Waals surface area contributed by atoms with E-state index < -0.39 is 0 Å². The number of nitrogens with zero attached hydrogens (tertiary/aromatic N) is 1. The molecule has 1 aromatic heterocycles. The molecule has 0 aliphatic heterocycles.